The number of aromatic nitrogens is 2. The normalized spacial score (nSPS) is 18.4. The molecule has 0 saturated carbocycles. The molecule has 0 unspecified atom stereocenters. The van der Waals surface area contributed by atoms with Gasteiger partial charge in [0.25, 0.3) is 5.91 Å². The van der Waals surface area contributed by atoms with Crippen molar-refractivity contribution >= 4 is 54.1 Å². The van der Waals surface area contributed by atoms with E-state index in [1.807, 2.05) is 26.2 Å². The number of nitrogens with one attached hydrogen (secondary N) is 2. The molecule has 0 bridgehead atoms. The van der Waals surface area contributed by atoms with E-state index in [1.165, 1.54) is 23.5 Å². The first-order valence-electron chi connectivity index (χ1n) is 13.1. The Kier molecular flexibility index (Phi) is 8.90. The molecule has 2 aromatic heterocycles. The molecule has 40 heavy (non-hydrogen) atoms. The largest absolute Gasteiger partial charge is 0.380 e. The van der Waals surface area contributed by atoms with Crippen LogP contribution in [0, 0.1) is 0 Å². The van der Waals surface area contributed by atoms with Crippen molar-refractivity contribution in [3.05, 3.63) is 42.0 Å². The van der Waals surface area contributed by atoms with Gasteiger partial charge in [-0.2, -0.15) is 5.10 Å². The van der Waals surface area contributed by atoms with E-state index < -0.39 is 21.0 Å². The van der Waals surface area contributed by atoms with Gasteiger partial charge in [-0.15, -0.1) is 0 Å². The van der Waals surface area contributed by atoms with Crippen molar-refractivity contribution < 1.29 is 22.7 Å². The minimum Gasteiger partial charge on any atom is -0.380 e. The molecule has 12 nitrogen and oxygen atoms in total. The second-order valence-electron chi connectivity index (χ2n) is 9.79. The Balaban J connectivity index is 1.36. The number of pyridine rings is 1. The van der Waals surface area contributed by atoms with E-state index in [9.17, 15) is 13.2 Å². The third-order valence-corrected chi connectivity index (χ3v) is 9.63. The first kappa shape index (κ1) is 28.4. The van der Waals surface area contributed by atoms with Crippen LogP contribution >= 0.6 is 11.3 Å². The van der Waals surface area contributed by atoms with Crippen LogP contribution in [0.1, 0.15) is 12.0 Å². The molecule has 1 atom stereocenters. The van der Waals surface area contributed by atoms with Crippen molar-refractivity contribution in [1.29, 1.82) is 0 Å². The molecule has 5 rings (SSSR count). The molecular weight excluding hydrogens is 554 g/mol. The summed E-state index contributed by atoms with van der Waals surface area (Å²) < 4.78 is 36.6. The Bertz CT molecular complexity index is 1460. The molecule has 0 spiro atoms. The van der Waals surface area contributed by atoms with Crippen LogP contribution in [0.2, 0.25) is 0 Å². The summed E-state index contributed by atoms with van der Waals surface area (Å²) in [5.41, 5.74) is 1.33. The quantitative estimate of drug-likeness (QED) is 0.338. The van der Waals surface area contributed by atoms with E-state index >= 15 is 0 Å². The van der Waals surface area contributed by atoms with Crippen LogP contribution in [0.5, 0.6) is 0 Å². The van der Waals surface area contributed by atoms with Gasteiger partial charge in [0, 0.05) is 25.3 Å². The summed E-state index contributed by atoms with van der Waals surface area (Å²) in [7, 11) is 0.497. The summed E-state index contributed by atoms with van der Waals surface area (Å²) in [6.45, 7) is 4.36. The van der Waals surface area contributed by atoms with Gasteiger partial charge in [-0.25, -0.2) is 18.4 Å². The van der Waals surface area contributed by atoms with Gasteiger partial charge in [-0.05, 0) is 44.8 Å². The number of thiazole rings is 1. The fraction of sp³-hybridized carbons (Fsp3) is 0.462. The molecule has 2 aliphatic heterocycles. The molecule has 0 radical (unpaired) electrons. The van der Waals surface area contributed by atoms with Gasteiger partial charge in [0.2, 0.25) is 0 Å². The van der Waals surface area contributed by atoms with Crippen LogP contribution < -0.4 is 10.6 Å². The van der Waals surface area contributed by atoms with E-state index in [4.69, 9.17) is 9.47 Å². The Morgan fingerprint density at radius 1 is 1.10 bits per heavy atom. The average molecular weight is 588 g/mol. The number of amides is 1. The highest BCUT2D eigenvalue weighted by atomic mass is 32.2. The molecule has 2 aliphatic rings. The lowest BCUT2D eigenvalue weighted by atomic mass is 10.1. The molecule has 2 fully saturated rings. The number of anilines is 2. The number of hydrogen-bond acceptors (Lipinski definition) is 12. The molecular formula is C26H33N7O5S2. The van der Waals surface area contributed by atoms with Crippen LogP contribution in [0.3, 0.4) is 0 Å². The number of hydrogen-bond donors (Lipinski definition) is 2. The van der Waals surface area contributed by atoms with Crippen molar-refractivity contribution in [1.82, 2.24) is 19.9 Å². The van der Waals surface area contributed by atoms with E-state index in [0.717, 1.165) is 18.9 Å². The number of morpholine rings is 1. The number of likely N-dealkylation sites (N-methyl/N-ethyl adjacent to an activating group) is 1. The summed E-state index contributed by atoms with van der Waals surface area (Å²) in [5, 5.41) is 12.4. The second-order valence-corrected chi connectivity index (χ2v) is 13.0. The maximum atomic E-state index is 13.5. The monoisotopic (exact) mass is 587 g/mol. The maximum absolute atomic E-state index is 13.5. The van der Waals surface area contributed by atoms with E-state index in [1.54, 1.807) is 17.1 Å². The number of carbonyl (C=O) groups excluding carboxylic acids is 1. The minimum atomic E-state index is -3.52. The number of hydrazone groups is 1. The molecule has 14 heteroatoms. The summed E-state index contributed by atoms with van der Waals surface area (Å²) in [6, 6.07) is 10.0. The lowest BCUT2D eigenvalue weighted by Crippen LogP contribution is -2.35. The minimum absolute atomic E-state index is 0.160. The Morgan fingerprint density at radius 2 is 1.88 bits per heavy atom. The number of benzene rings is 1. The summed E-state index contributed by atoms with van der Waals surface area (Å²) in [4.78, 5) is 25.6. The van der Waals surface area contributed by atoms with E-state index in [-0.39, 0.29) is 17.2 Å². The van der Waals surface area contributed by atoms with Crippen molar-refractivity contribution in [3.8, 4) is 0 Å². The van der Waals surface area contributed by atoms with Gasteiger partial charge in [0.05, 0.1) is 43.1 Å². The average Bonchev–Trinajstić information content (AvgIpc) is 3.63. The van der Waals surface area contributed by atoms with Crippen molar-refractivity contribution in [2.75, 3.05) is 77.3 Å². The molecule has 3 aromatic rings. The topological polar surface area (TPSA) is 138 Å². The molecule has 0 aliphatic carbocycles. The molecule has 4 heterocycles. The maximum Gasteiger partial charge on any atom is 0.278 e. The zero-order chi connectivity index (χ0) is 28.1. The highest BCUT2D eigenvalue weighted by molar-refractivity contribution is 7.92. The second kappa shape index (κ2) is 12.6. The van der Waals surface area contributed by atoms with Crippen LogP contribution in [0.4, 0.5) is 10.9 Å². The zero-order valence-corrected chi connectivity index (χ0v) is 24.1. The fourth-order valence-electron chi connectivity index (χ4n) is 4.31. The van der Waals surface area contributed by atoms with Crippen LogP contribution in [-0.2, 0) is 24.1 Å². The number of sulfone groups is 1. The van der Waals surface area contributed by atoms with Crippen molar-refractivity contribution in [2.24, 2.45) is 5.10 Å². The summed E-state index contributed by atoms with van der Waals surface area (Å²) in [6.07, 6.45) is 0.473. The molecule has 2 N–H and O–H groups in total. The lowest BCUT2D eigenvalue weighted by Gasteiger charge is -2.25. The smallest absolute Gasteiger partial charge is 0.278 e. The summed E-state index contributed by atoms with van der Waals surface area (Å²) in [5.74, 6) is 0.291. The van der Waals surface area contributed by atoms with Gasteiger partial charge in [-0.1, -0.05) is 23.5 Å². The number of rotatable bonds is 10. The standard InChI is InChI=1S/C26H33N7O5S2/c1-32(2)11-10-27-22-8-7-21-25(29-22)39-26(28-21)30-24(34)23(31-33-12-15-37-16-13-33)18-3-5-19(6-4-18)40(35,36)20-9-14-38-17-20/h3-8,20H,9-17H2,1-2H3,(H,27,29)(H,28,30,34)/t20-/m0/s1. The third kappa shape index (κ3) is 6.75. The van der Waals surface area contributed by atoms with E-state index in [2.05, 4.69) is 30.6 Å². The van der Waals surface area contributed by atoms with Gasteiger partial charge in [0.15, 0.2) is 20.7 Å². The first-order chi connectivity index (χ1) is 19.3. The van der Waals surface area contributed by atoms with Crippen LogP contribution in [0.15, 0.2) is 46.4 Å². The molecule has 1 aromatic carbocycles. The number of fused-ring (bicyclic) bond motifs is 1. The van der Waals surface area contributed by atoms with Crippen molar-refractivity contribution in [3.63, 3.8) is 0 Å². The van der Waals surface area contributed by atoms with Crippen LogP contribution in [-0.4, -0.2) is 112 Å². The zero-order valence-electron chi connectivity index (χ0n) is 22.5. The highest BCUT2D eigenvalue weighted by Crippen LogP contribution is 2.26. The number of ether oxygens (including phenoxy) is 2. The Labute approximate surface area is 237 Å². The molecule has 2 saturated heterocycles. The predicted octanol–water partition coefficient (Wildman–Crippen LogP) is 1.90. The van der Waals surface area contributed by atoms with Gasteiger partial charge >= 0.3 is 0 Å². The fourth-order valence-corrected chi connectivity index (χ4v) is 6.73. The molecule has 214 valence electrons. The Morgan fingerprint density at radius 3 is 2.58 bits per heavy atom. The first-order valence-corrected chi connectivity index (χ1v) is 15.5. The highest BCUT2D eigenvalue weighted by Gasteiger charge is 2.31. The third-order valence-electron chi connectivity index (χ3n) is 6.57. The lowest BCUT2D eigenvalue weighted by molar-refractivity contribution is -0.110. The SMILES string of the molecule is CN(C)CCNc1ccc2nc(NC(=O)C(=NN3CCOCC3)c3ccc(S(=O)(=O)[C@H]4CCOC4)cc3)sc2n1. The number of carbonyl (C=O) groups is 1. The van der Waals surface area contributed by atoms with Gasteiger partial charge in [0.1, 0.15) is 16.2 Å². The number of nitrogens with zero attached hydrogens (tertiary/aromatic N) is 5. The van der Waals surface area contributed by atoms with Gasteiger partial charge < -0.3 is 19.7 Å². The Hall–Kier alpha value is -3.17. The summed E-state index contributed by atoms with van der Waals surface area (Å²) >= 11 is 1.27. The molecule has 1 amide bonds. The van der Waals surface area contributed by atoms with Crippen molar-refractivity contribution in [2.45, 2.75) is 16.6 Å². The van der Waals surface area contributed by atoms with E-state index in [0.29, 0.717) is 60.4 Å². The van der Waals surface area contributed by atoms with Crippen LogP contribution in [0.25, 0.3) is 10.3 Å². The van der Waals surface area contributed by atoms with Gasteiger partial charge in [-0.3, -0.25) is 15.1 Å². The predicted molar refractivity (Wildman–Crippen MR) is 155 cm³/mol.